The van der Waals surface area contributed by atoms with E-state index in [1.807, 2.05) is 6.07 Å². The molecule has 1 aliphatic heterocycles. The number of piperidine rings is 1. The van der Waals surface area contributed by atoms with Gasteiger partial charge in [-0.2, -0.15) is 0 Å². The van der Waals surface area contributed by atoms with E-state index >= 15 is 4.39 Å². The number of hydrogen-bond acceptors (Lipinski definition) is 2. The van der Waals surface area contributed by atoms with Gasteiger partial charge in [0.1, 0.15) is 17.2 Å². The first kappa shape index (κ1) is 24.3. The van der Waals surface area contributed by atoms with Gasteiger partial charge in [-0.1, -0.05) is 53.9 Å². The van der Waals surface area contributed by atoms with E-state index in [4.69, 9.17) is 16.3 Å². The molecule has 0 N–H and O–H groups in total. The van der Waals surface area contributed by atoms with Crippen molar-refractivity contribution in [2.75, 3.05) is 19.6 Å². The van der Waals surface area contributed by atoms with Crippen LogP contribution in [0.2, 0.25) is 5.02 Å². The molecule has 2 aliphatic rings. The zero-order valence-electron chi connectivity index (χ0n) is 20.5. The molecule has 1 saturated carbocycles. The number of ether oxygens (including phenoxy) is 1. The van der Waals surface area contributed by atoms with Gasteiger partial charge in [-0.05, 0) is 95.6 Å². The van der Waals surface area contributed by atoms with Crippen LogP contribution in [0.5, 0.6) is 5.75 Å². The molecule has 1 atom stereocenters. The van der Waals surface area contributed by atoms with Gasteiger partial charge < -0.3 is 4.74 Å². The summed E-state index contributed by atoms with van der Waals surface area (Å²) in [5.74, 6) is 1.43. The van der Waals surface area contributed by atoms with E-state index < -0.39 is 5.60 Å². The van der Waals surface area contributed by atoms with Crippen LogP contribution in [0.3, 0.4) is 0 Å². The predicted molar refractivity (Wildman–Crippen MR) is 136 cm³/mol. The second-order valence-corrected chi connectivity index (χ2v) is 10.6. The van der Waals surface area contributed by atoms with Crippen molar-refractivity contribution in [2.45, 2.75) is 71.3 Å². The summed E-state index contributed by atoms with van der Waals surface area (Å²) in [7, 11) is 0. The van der Waals surface area contributed by atoms with Crippen LogP contribution >= 0.6 is 11.6 Å². The second-order valence-electron chi connectivity index (χ2n) is 10.1. The van der Waals surface area contributed by atoms with Gasteiger partial charge in [0.05, 0.1) is 0 Å². The Hall–Kier alpha value is -1.84. The smallest absolute Gasteiger partial charge is 0.137 e. The maximum absolute atomic E-state index is 15.1. The normalized spacial score (nSPS) is 20.4. The van der Waals surface area contributed by atoms with Crippen molar-refractivity contribution < 1.29 is 9.13 Å². The van der Waals surface area contributed by atoms with Gasteiger partial charge >= 0.3 is 0 Å². The lowest BCUT2D eigenvalue weighted by molar-refractivity contribution is -0.0202. The van der Waals surface area contributed by atoms with Crippen molar-refractivity contribution in [3.8, 4) is 5.75 Å². The van der Waals surface area contributed by atoms with Crippen LogP contribution in [0.15, 0.2) is 48.0 Å². The van der Waals surface area contributed by atoms with Gasteiger partial charge in [-0.15, -0.1) is 0 Å². The van der Waals surface area contributed by atoms with Gasteiger partial charge in [0.25, 0.3) is 0 Å². The maximum atomic E-state index is 15.1. The van der Waals surface area contributed by atoms with Crippen LogP contribution in [0.1, 0.15) is 75.5 Å². The Morgan fingerprint density at radius 2 is 1.91 bits per heavy atom. The Morgan fingerprint density at radius 3 is 2.52 bits per heavy atom. The van der Waals surface area contributed by atoms with Crippen molar-refractivity contribution in [3.63, 3.8) is 0 Å². The van der Waals surface area contributed by atoms with Gasteiger partial charge in [0.2, 0.25) is 0 Å². The lowest BCUT2D eigenvalue weighted by Gasteiger charge is -2.44. The van der Waals surface area contributed by atoms with Gasteiger partial charge in [-0.3, -0.25) is 4.90 Å². The lowest BCUT2D eigenvalue weighted by atomic mass is 9.70. The summed E-state index contributed by atoms with van der Waals surface area (Å²) < 4.78 is 22.1. The second kappa shape index (κ2) is 10.2. The largest absolute Gasteiger partial charge is 0.482 e. The third kappa shape index (κ3) is 5.15. The average molecular weight is 470 g/mol. The fourth-order valence-electron chi connectivity index (χ4n) is 5.40. The molecule has 4 heteroatoms. The van der Waals surface area contributed by atoms with Crippen molar-refractivity contribution >= 4 is 11.6 Å². The molecule has 0 spiro atoms. The van der Waals surface area contributed by atoms with E-state index in [0.29, 0.717) is 22.4 Å². The summed E-state index contributed by atoms with van der Waals surface area (Å²) in [6.07, 6.45) is 7.72. The van der Waals surface area contributed by atoms with E-state index in [-0.39, 0.29) is 5.82 Å². The van der Waals surface area contributed by atoms with E-state index in [1.54, 1.807) is 6.07 Å². The number of benzene rings is 2. The molecule has 33 heavy (non-hydrogen) atoms. The van der Waals surface area contributed by atoms with Crippen LogP contribution in [0.25, 0.3) is 0 Å². The molecule has 0 amide bonds. The summed E-state index contributed by atoms with van der Waals surface area (Å²) in [5.41, 5.74) is 3.73. The first-order chi connectivity index (χ1) is 15.8. The third-order valence-corrected chi connectivity index (χ3v) is 8.13. The van der Waals surface area contributed by atoms with Gasteiger partial charge in [0, 0.05) is 23.0 Å². The van der Waals surface area contributed by atoms with Gasteiger partial charge in [0.15, 0.2) is 0 Å². The summed E-state index contributed by atoms with van der Waals surface area (Å²) in [4.78, 5) is 2.55. The molecule has 2 aromatic carbocycles. The minimum absolute atomic E-state index is 0.278. The van der Waals surface area contributed by atoms with E-state index in [0.717, 1.165) is 56.6 Å². The summed E-state index contributed by atoms with van der Waals surface area (Å²) >= 11 is 6.07. The van der Waals surface area contributed by atoms with Crippen molar-refractivity contribution in [3.05, 3.63) is 75.6 Å². The highest BCUT2D eigenvalue weighted by Gasteiger charge is 2.44. The standard InChI is InChI=1S/C29H37ClFNO/c1-5-20(2)19-32-16-14-22(15-17-32)25-11-6-8-21(3)28(25)33-29(4,23-9-7-10-23)26-13-12-24(30)18-27(26)31/h5-6,8,11-13,18,22-23H,7,9-10,14-17,19H2,1-4H3. The number of halogens is 2. The number of hydrogen-bond donors (Lipinski definition) is 0. The minimum Gasteiger partial charge on any atom is -0.482 e. The Balaban J connectivity index is 1.62. The van der Waals surface area contributed by atoms with Crippen molar-refractivity contribution in [2.24, 2.45) is 5.92 Å². The Labute approximate surface area is 203 Å². The van der Waals surface area contributed by atoms with Crippen LogP contribution in [0, 0.1) is 18.7 Å². The highest BCUT2D eigenvalue weighted by Crippen LogP contribution is 2.48. The fraction of sp³-hybridized carbons (Fsp3) is 0.517. The molecule has 1 unspecified atom stereocenters. The van der Waals surface area contributed by atoms with E-state index in [2.05, 4.69) is 56.9 Å². The molecule has 2 nitrogen and oxygen atoms in total. The molecular weight excluding hydrogens is 433 g/mol. The molecule has 1 saturated heterocycles. The van der Waals surface area contributed by atoms with E-state index in [1.165, 1.54) is 23.6 Å². The number of aryl methyl sites for hydroxylation is 1. The SMILES string of the molecule is CC=C(C)CN1CCC(c2cccc(C)c2OC(C)(c2ccc(Cl)cc2F)C2CCC2)CC1. The Morgan fingerprint density at radius 1 is 1.18 bits per heavy atom. The third-order valence-electron chi connectivity index (χ3n) is 7.90. The average Bonchev–Trinajstić information content (AvgIpc) is 2.74. The number of nitrogens with zero attached hydrogens (tertiary/aromatic N) is 1. The molecule has 1 heterocycles. The highest BCUT2D eigenvalue weighted by atomic mass is 35.5. The summed E-state index contributed by atoms with van der Waals surface area (Å²) in [6, 6.07) is 11.5. The number of allylic oxidation sites excluding steroid dienone is 1. The number of likely N-dealkylation sites (tertiary alicyclic amines) is 1. The molecule has 0 radical (unpaired) electrons. The van der Waals surface area contributed by atoms with Crippen molar-refractivity contribution in [1.29, 1.82) is 0 Å². The summed E-state index contributed by atoms with van der Waals surface area (Å²) in [6.45, 7) is 11.7. The summed E-state index contributed by atoms with van der Waals surface area (Å²) in [5, 5.41) is 0.420. The lowest BCUT2D eigenvalue weighted by Crippen LogP contribution is -2.43. The van der Waals surface area contributed by atoms with Crippen LogP contribution in [0.4, 0.5) is 4.39 Å². The highest BCUT2D eigenvalue weighted by molar-refractivity contribution is 6.30. The fourth-order valence-corrected chi connectivity index (χ4v) is 5.56. The molecule has 0 bridgehead atoms. The quantitative estimate of drug-likeness (QED) is 0.380. The Bertz CT molecular complexity index is 1010. The molecule has 0 aromatic heterocycles. The van der Waals surface area contributed by atoms with Crippen LogP contribution in [-0.4, -0.2) is 24.5 Å². The molecular formula is C29H37ClFNO. The predicted octanol–water partition coefficient (Wildman–Crippen LogP) is 8.03. The monoisotopic (exact) mass is 469 g/mol. The minimum atomic E-state index is -0.711. The van der Waals surface area contributed by atoms with Crippen LogP contribution in [-0.2, 0) is 5.60 Å². The molecule has 1 aliphatic carbocycles. The molecule has 4 rings (SSSR count). The number of rotatable bonds is 7. The maximum Gasteiger partial charge on any atom is 0.137 e. The zero-order valence-corrected chi connectivity index (χ0v) is 21.2. The first-order valence-corrected chi connectivity index (χ1v) is 12.8. The number of para-hydroxylation sites is 1. The van der Waals surface area contributed by atoms with E-state index in [9.17, 15) is 0 Å². The zero-order chi connectivity index (χ0) is 23.6. The molecule has 2 fully saturated rings. The van der Waals surface area contributed by atoms with Crippen molar-refractivity contribution in [1.82, 2.24) is 4.90 Å². The topological polar surface area (TPSA) is 12.5 Å². The molecule has 178 valence electrons. The van der Waals surface area contributed by atoms with Crippen LogP contribution < -0.4 is 4.74 Å². The molecule has 2 aromatic rings. The van der Waals surface area contributed by atoms with Gasteiger partial charge in [-0.25, -0.2) is 4.39 Å². The Kier molecular flexibility index (Phi) is 7.50. The first-order valence-electron chi connectivity index (χ1n) is 12.4.